The molecule has 82 valence electrons. The van der Waals surface area contributed by atoms with E-state index >= 15 is 0 Å². The summed E-state index contributed by atoms with van der Waals surface area (Å²) in [5.41, 5.74) is 0. The lowest BCUT2D eigenvalue weighted by atomic mass is 10.1. The van der Waals surface area contributed by atoms with Gasteiger partial charge in [-0.2, -0.15) is 0 Å². The second-order valence-corrected chi connectivity index (χ2v) is 4.55. The zero-order valence-electron chi connectivity index (χ0n) is 8.34. The van der Waals surface area contributed by atoms with E-state index in [-0.39, 0.29) is 12.2 Å². The number of morpholine rings is 1. The third-order valence-corrected chi connectivity index (χ3v) is 3.46. The fourth-order valence-electron chi connectivity index (χ4n) is 1.72. The van der Waals surface area contributed by atoms with Crippen LogP contribution in [-0.2, 0) is 9.53 Å². The van der Waals surface area contributed by atoms with Crippen molar-refractivity contribution in [1.29, 1.82) is 0 Å². The monoisotopic (exact) mass is 227 g/mol. The van der Waals surface area contributed by atoms with E-state index in [1.165, 1.54) is 0 Å². The van der Waals surface area contributed by atoms with Crippen LogP contribution in [0.25, 0.3) is 0 Å². The largest absolute Gasteiger partial charge is 0.480 e. The van der Waals surface area contributed by atoms with E-state index in [4.69, 9.17) is 9.84 Å². The van der Waals surface area contributed by atoms with Crippen LogP contribution < -0.4 is 5.32 Å². The van der Waals surface area contributed by atoms with E-state index in [1.807, 2.05) is 17.5 Å². The maximum absolute atomic E-state index is 10.8. The molecule has 0 saturated carbocycles. The third-order valence-electron chi connectivity index (χ3n) is 2.50. The highest BCUT2D eigenvalue weighted by Crippen LogP contribution is 2.26. The first-order valence-corrected chi connectivity index (χ1v) is 5.71. The first kappa shape index (κ1) is 10.6. The number of carboxylic acids is 1. The van der Waals surface area contributed by atoms with Gasteiger partial charge in [0.2, 0.25) is 0 Å². The van der Waals surface area contributed by atoms with Crippen LogP contribution in [0.1, 0.15) is 17.9 Å². The molecule has 1 fully saturated rings. The van der Waals surface area contributed by atoms with Crippen molar-refractivity contribution >= 4 is 17.3 Å². The molecule has 1 aromatic rings. The van der Waals surface area contributed by atoms with E-state index < -0.39 is 12.0 Å². The van der Waals surface area contributed by atoms with Gasteiger partial charge in [0.05, 0.1) is 6.10 Å². The average molecular weight is 227 g/mol. The number of hydrogen-bond donors (Lipinski definition) is 2. The molecule has 4 nitrogen and oxygen atoms in total. The van der Waals surface area contributed by atoms with Gasteiger partial charge < -0.3 is 9.84 Å². The zero-order valence-corrected chi connectivity index (χ0v) is 9.16. The van der Waals surface area contributed by atoms with E-state index in [9.17, 15) is 4.79 Å². The van der Waals surface area contributed by atoms with Crippen LogP contribution in [0.3, 0.4) is 0 Å². The molecule has 1 saturated heterocycles. The van der Waals surface area contributed by atoms with Gasteiger partial charge in [-0.1, -0.05) is 6.07 Å². The molecule has 0 aliphatic carbocycles. The first-order valence-electron chi connectivity index (χ1n) is 4.83. The van der Waals surface area contributed by atoms with E-state index in [2.05, 4.69) is 5.32 Å². The molecule has 3 unspecified atom stereocenters. The quantitative estimate of drug-likeness (QED) is 0.798. The van der Waals surface area contributed by atoms with Crippen LogP contribution in [-0.4, -0.2) is 29.8 Å². The first-order chi connectivity index (χ1) is 7.18. The molecular formula is C10H13NO3S. The standard InChI is InChI=1S/C10H13NO3S/c1-6-9(10(12)13)11-5-7(14-6)8-3-2-4-15-8/h2-4,6-7,9,11H,5H2,1H3,(H,12,13). The molecule has 0 spiro atoms. The normalized spacial score (nSPS) is 31.4. The van der Waals surface area contributed by atoms with Crippen molar-refractivity contribution in [3.8, 4) is 0 Å². The molecule has 3 atom stereocenters. The van der Waals surface area contributed by atoms with E-state index in [0.717, 1.165) is 4.88 Å². The maximum atomic E-state index is 10.8. The summed E-state index contributed by atoms with van der Waals surface area (Å²) in [6.07, 6.45) is -0.320. The highest BCUT2D eigenvalue weighted by Gasteiger charge is 2.33. The van der Waals surface area contributed by atoms with Crippen molar-refractivity contribution in [2.45, 2.75) is 25.2 Å². The Morgan fingerprint density at radius 3 is 3.07 bits per heavy atom. The molecule has 1 aromatic heterocycles. The fraction of sp³-hybridized carbons (Fsp3) is 0.500. The molecule has 1 aliphatic rings. The van der Waals surface area contributed by atoms with Gasteiger partial charge in [0.1, 0.15) is 12.1 Å². The molecule has 0 aromatic carbocycles. The average Bonchev–Trinajstić information content (AvgIpc) is 2.69. The van der Waals surface area contributed by atoms with Gasteiger partial charge in [-0.25, -0.2) is 0 Å². The number of nitrogens with one attached hydrogen (secondary N) is 1. The number of ether oxygens (including phenoxy) is 1. The summed E-state index contributed by atoms with van der Waals surface area (Å²) in [6, 6.07) is 3.38. The van der Waals surface area contributed by atoms with Crippen molar-refractivity contribution in [2.24, 2.45) is 0 Å². The minimum Gasteiger partial charge on any atom is -0.480 e. The van der Waals surface area contributed by atoms with Crippen molar-refractivity contribution < 1.29 is 14.6 Å². The number of aliphatic carboxylic acids is 1. The fourth-order valence-corrected chi connectivity index (χ4v) is 2.48. The molecular weight excluding hydrogens is 214 g/mol. The second-order valence-electron chi connectivity index (χ2n) is 3.57. The van der Waals surface area contributed by atoms with Crippen molar-refractivity contribution in [1.82, 2.24) is 5.32 Å². The van der Waals surface area contributed by atoms with E-state index in [1.54, 1.807) is 18.3 Å². The second kappa shape index (κ2) is 4.30. The summed E-state index contributed by atoms with van der Waals surface area (Å²) in [5.74, 6) is -0.855. The maximum Gasteiger partial charge on any atom is 0.323 e. The smallest absolute Gasteiger partial charge is 0.323 e. The van der Waals surface area contributed by atoms with Gasteiger partial charge in [-0.05, 0) is 18.4 Å². The van der Waals surface area contributed by atoms with Gasteiger partial charge in [0, 0.05) is 11.4 Å². The number of hydrogen-bond acceptors (Lipinski definition) is 4. The van der Waals surface area contributed by atoms with Gasteiger partial charge >= 0.3 is 5.97 Å². The van der Waals surface area contributed by atoms with Gasteiger partial charge in [0.15, 0.2) is 0 Å². The minimum absolute atomic E-state index is 0.0180. The number of thiophene rings is 1. The summed E-state index contributed by atoms with van der Waals surface area (Å²) in [5, 5.41) is 13.9. The summed E-state index contributed by atoms with van der Waals surface area (Å²) in [4.78, 5) is 12.0. The third kappa shape index (κ3) is 2.19. The van der Waals surface area contributed by atoms with Crippen LogP contribution in [0.5, 0.6) is 0 Å². The van der Waals surface area contributed by atoms with E-state index in [0.29, 0.717) is 6.54 Å². The summed E-state index contributed by atoms with van der Waals surface area (Å²) < 4.78 is 5.67. The van der Waals surface area contributed by atoms with Crippen LogP contribution in [0.15, 0.2) is 17.5 Å². The Hall–Kier alpha value is -0.910. The highest BCUT2D eigenvalue weighted by atomic mass is 32.1. The molecule has 0 amide bonds. The highest BCUT2D eigenvalue weighted by molar-refractivity contribution is 7.10. The van der Waals surface area contributed by atoms with Crippen LogP contribution in [0.2, 0.25) is 0 Å². The SMILES string of the molecule is CC1OC(c2cccs2)CNC1C(=O)O. The number of carbonyl (C=O) groups is 1. The Kier molecular flexibility index (Phi) is 3.04. The molecule has 1 aliphatic heterocycles. The van der Waals surface area contributed by atoms with Crippen LogP contribution in [0, 0.1) is 0 Å². The van der Waals surface area contributed by atoms with Gasteiger partial charge in [-0.3, -0.25) is 10.1 Å². The molecule has 2 N–H and O–H groups in total. The summed E-state index contributed by atoms with van der Waals surface area (Å²) in [6.45, 7) is 2.34. The van der Waals surface area contributed by atoms with Crippen molar-refractivity contribution in [2.75, 3.05) is 6.54 Å². The predicted octanol–water partition coefficient (Wildman–Crippen LogP) is 1.25. The van der Waals surface area contributed by atoms with Crippen LogP contribution in [0.4, 0.5) is 0 Å². The Balaban J connectivity index is 2.03. The molecule has 2 rings (SSSR count). The molecule has 2 heterocycles. The van der Waals surface area contributed by atoms with Gasteiger partial charge in [0.25, 0.3) is 0 Å². The Bertz CT molecular complexity index is 338. The van der Waals surface area contributed by atoms with Gasteiger partial charge in [-0.15, -0.1) is 11.3 Å². The van der Waals surface area contributed by atoms with Crippen molar-refractivity contribution in [3.05, 3.63) is 22.4 Å². The molecule has 0 radical (unpaired) electrons. The van der Waals surface area contributed by atoms with Crippen LogP contribution >= 0.6 is 11.3 Å². The molecule has 5 heteroatoms. The minimum atomic E-state index is -0.855. The topological polar surface area (TPSA) is 58.6 Å². The van der Waals surface area contributed by atoms with Crippen molar-refractivity contribution in [3.63, 3.8) is 0 Å². The zero-order chi connectivity index (χ0) is 10.8. The lowest BCUT2D eigenvalue weighted by Crippen LogP contribution is -2.52. The molecule has 15 heavy (non-hydrogen) atoms. The summed E-state index contributed by atoms with van der Waals surface area (Å²) in [7, 11) is 0. The lowest BCUT2D eigenvalue weighted by Gasteiger charge is -2.32. The Labute approximate surface area is 91.9 Å². The predicted molar refractivity (Wildman–Crippen MR) is 57.0 cm³/mol. The Morgan fingerprint density at radius 2 is 2.53 bits per heavy atom. The Morgan fingerprint density at radius 1 is 1.73 bits per heavy atom. The lowest BCUT2D eigenvalue weighted by molar-refractivity contribution is -0.149. The molecule has 0 bridgehead atoms. The number of rotatable bonds is 2. The number of carboxylic acid groups (broad SMARTS) is 1. The summed E-state index contributed by atoms with van der Waals surface area (Å²) >= 11 is 1.63.